The molecule has 0 bridgehead atoms. The van der Waals surface area contributed by atoms with E-state index in [-0.39, 0.29) is 40.1 Å². The molecule has 2 aromatic heterocycles. The van der Waals surface area contributed by atoms with E-state index < -0.39 is 29.3 Å². The zero-order valence-electron chi connectivity index (χ0n) is 19.6. The third kappa shape index (κ3) is 7.75. The zero-order chi connectivity index (χ0) is 25.1. The number of hydrogen-bond acceptors (Lipinski definition) is 6. The van der Waals surface area contributed by atoms with Gasteiger partial charge in [0.25, 0.3) is 5.91 Å². The number of aromatic nitrogens is 1. The van der Waals surface area contributed by atoms with Crippen LogP contribution in [0.25, 0.3) is 10.2 Å². The van der Waals surface area contributed by atoms with Crippen LogP contribution >= 0.6 is 35.3 Å². The molecule has 0 unspecified atom stereocenters. The van der Waals surface area contributed by atoms with Crippen molar-refractivity contribution in [2.45, 2.75) is 57.9 Å². The fraction of sp³-hybridized carbons (Fsp3) is 0.591. The Morgan fingerprint density at radius 1 is 1.26 bits per heavy atom. The number of alkyl carbamates (subject to hydrolysis) is 1. The van der Waals surface area contributed by atoms with Gasteiger partial charge in [-0.25, -0.2) is 9.78 Å². The third-order valence-electron chi connectivity index (χ3n) is 5.17. The number of piperidine rings is 1. The van der Waals surface area contributed by atoms with Gasteiger partial charge in [-0.05, 0) is 33.3 Å². The number of amides is 2. The minimum Gasteiger partial charge on any atom is -0.446 e. The van der Waals surface area contributed by atoms with Gasteiger partial charge in [0.05, 0.1) is 21.3 Å². The first-order valence-corrected chi connectivity index (χ1v) is 12.4. The molecule has 1 aliphatic heterocycles. The van der Waals surface area contributed by atoms with Gasteiger partial charge >= 0.3 is 12.3 Å². The maximum Gasteiger partial charge on any atom is 0.417 e. The Hall–Kier alpha value is -1.98. The maximum absolute atomic E-state index is 13.8. The summed E-state index contributed by atoms with van der Waals surface area (Å²) in [5.74, 6) is 0.0276. The standard InChI is InChI=1S/C22H28ClF3N4O3S.ClH/c1-21(2,3)29-20(32)33-13-5-9-30(10-6-13)16-11-15(22(24,25)26)18-17(28-16)14(12-34-18)19(31)27-8-4-7-23;/h11-13H,4-10H2,1-3H3,(H,27,31)(H,29,32);1H. The van der Waals surface area contributed by atoms with Crippen molar-refractivity contribution in [3.63, 3.8) is 0 Å². The molecule has 13 heteroatoms. The molecule has 1 saturated heterocycles. The molecule has 0 atom stereocenters. The van der Waals surface area contributed by atoms with Crippen LogP contribution in [0.5, 0.6) is 0 Å². The normalized spacial score (nSPS) is 15.0. The molecule has 35 heavy (non-hydrogen) atoms. The van der Waals surface area contributed by atoms with Crippen molar-refractivity contribution in [1.82, 2.24) is 15.6 Å². The highest BCUT2D eigenvalue weighted by Gasteiger charge is 2.36. The lowest BCUT2D eigenvalue weighted by Crippen LogP contribution is -2.44. The Kier molecular flexibility index (Phi) is 9.89. The van der Waals surface area contributed by atoms with Crippen LogP contribution in [-0.2, 0) is 10.9 Å². The van der Waals surface area contributed by atoms with E-state index >= 15 is 0 Å². The predicted octanol–water partition coefficient (Wildman–Crippen LogP) is 5.59. The highest BCUT2D eigenvalue weighted by atomic mass is 35.5. The molecule has 1 aliphatic rings. The fourth-order valence-corrected chi connectivity index (χ4v) is 4.74. The Morgan fingerprint density at radius 2 is 1.91 bits per heavy atom. The first kappa shape index (κ1) is 29.3. The van der Waals surface area contributed by atoms with E-state index in [1.165, 1.54) is 5.38 Å². The number of carbonyl (C=O) groups excluding carboxylic acids is 2. The van der Waals surface area contributed by atoms with Gasteiger partial charge in [-0.2, -0.15) is 13.2 Å². The average Bonchev–Trinajstić information content (AvgIpc) is 3.15. The summed E-state index contributed by atoms with van der Waals surface area (Å²) in [6.07, 6.45) is -4.00. The van der Waals surface area contributed by atoms with Crippen molar-refractivity contribution in [3.8, 4) is 0 Å². The van der Waals surface area contributed by atoms with Gasteiger partial charge in [0.1, 0.15) is 11.9 Å². The molecule has 3 heterocycles. The molecule has 2 N–H and O–H groups in total. The second-order valence-corrected chi connectivity index (χ2v) is 10.4. The van der Waals surface area contributed by atoms with Crippen molar-refractivity contribution >= 4 is 63.4 Å². The SMILES string of the molecule is CC(C)(C)NC(=O)OC1CCN(c2cc(C(F)(F)F)c3scc(C(=O)NCCCCl)c3n2)CC1.Cl. The molecule has 196 valence electrons. The first-order valence-electron chi connectivity index (χ1n) is 11.0. The smallest absolute Gasteiger partial charge is 0.417 e. The topological polar surface area (TPSA) is 83.6 Å². The number of fused-ring (bicyclic) bond motifs is 1. The molecule has 2 amide bonds. The summed E-state index contributed by atoms with van der Waals surface area (Å²) in [5.41, 5.74) is -1.11. The van der Waals surface area contributed by atoms with Crippen LogP contribution in [0.3, 0.4) is 0 Å². The lowest BCUT2D eigenvalue weighted by molar-refractivity contribution is -0.136. The van der Waals surface area contributed by atoms with Crippen LogP contribution in [0.15, 0.2) is 11.4 Å². The molecule has 1 fully saturated rings. The molecular formula is C22H29Cl2F3N4O3S. The predicted molar refractivity (Wildman–Crippen MR) is 134 cm³/mol. The minimum absolute atomic E-state index is 0. The number of nitrogens with zero attached hydrogens (tertiary/aromatic N) is 2. The fourth-order valence-electron chi connectivity index (χ4n) is 3.58. The van der Waals surface area contributed by atoms with Gasteiger partial charge in [0, 0.05) is 49.3 Å². The van der Waals surface area contributed by atoms with E-state index in [2.05, 4.69) is 15.6 Å². The molecule has 2 aromatic rings. The molecule has 3 rings (SSSR count). The summed E-state index contributed by atoms with van der Waals surface area (Å²) < 4.78 is 46.9. The summed E-state index contributed by atoms with van der Waals surface area (Å²) in [5, 5.41) is 6.80. The Bertz CT molecular complexity index is 1040. The number of ether oxygens (including phenoxy) is 1. The zero-order valence-corrected chi connectivity index (χ0v) is 22.0. The minimum atomic E-state index is -4.60. The van der Waals surface area contributed by atoms with Crippen molar-refractivity contribution in [2.75, 3.05) is 30.4 Å². The van der Waals surface area contributed by atoms with Crippen molar-refractivity contribution in [1.29, 1.82) is 0 Å². The van der Waals surface area contributed by atoms with E-state index in [1.54, 1.807) is 4.90 Å². The van der Waals surface area contributed by atoms with Gasteiger partial charge in [-0.3, -0.25) is 4.79 Å². The summed E-state index contributed by atoms with van der Waals surface area (Å²) in [4.78, 5) is 30.7. The van der Waals surface area contributed by atoms with Gasteiger partial charge < -0.3 is 20.3 Å². The van der Waals surface area contributed by atoms with Crippen molar-refractivity contribution in [2.24, 2.45) is 0 Å². The molecular weight excluding hydrogens is 528 g/mol. The highest BCUT2D eigenvalue weighted by Crippen LogP contribution is 2.40. The molecule has 7 nitrogen and oxygen atoms in total. The third-order valence-corrected chi connectivity index (χ3v) is 6.44. The number of alkyl halides is 4. The molecule has 0 spiro atoms. The Balaban J connectivity index is 0.00000432. The number of rotatable bonds is 6. The van der Waals surface area contributed by atoms with Crippen molar-refractivity contribution < 1.29 is 27.5 Å². The number of halogens is 5. The molecule has 0 radical (unpaired) electrons. The largest absolute Gasteiger partial charge is 0.446 e. The average molecular weight is 557 g/mol. The Morgan fingerprint density at radius 3 is 2.49 bits per heavy atom. The van der Waals surface area contributed by atoms with E-state index in [1.807, 2.05) is 20.8 Å². The van der Waals surface area contributed by atoms with E-state index in [0.29, 0.717) is 44.8 Å². The van der Waals surface area contributed by atoms with Crippen LogP contribution in [0.2, 0.25) is 0 Å². The van der Waals surface area contributed by atoms with Crippen LogP contribution in [-0.4, -0.2) is 54.1 Å². The quantitative estimate of drug-likeness (QED) is 0.358. The van der Waals surface area contributed by atoms with Crippen LogP contribution < -0.4 is 15.5 Å². The maximum atomic E-state index is 13.8. The van der Waals surface area contributed by atoms with Crippen LogP contribution in [0.1, 0.15) is 56.0 Å². The number of thiophene rings is 1. The molecule has 0 saturated carbocycles. The summed E-state index contributed by atoms with van der Waals surface area (Å²) in [6.45, 7) is 6.58. The van der Waals surface area contributed by atoms with Crippen LogP contribution in [0.4, 0.5) is 23.8 Å². The van der Waals surface area contributed by atoms with E-state index in [0.717, 1.165) is 17.4 Å². The second kappa shape index (κ2) is 11.8. The number of hydrogen-bond donors (Lipinski definition) is 2. The number of pyridine rings is 1. The van der Waals surface area contributed by atoms with Gasteiger partial charge in [-0.15, -0.1) is 35.3 Å². The number of carbonyl (C=O) groups is 2. The summed E-state index contributed by atoms with van der Waals surface area (Å²) in [7, 11) is 0. The lowest BCUT2D eigenvalue weighted by atomic mass is 10.1. The van der Waals surface area contributed by atoms with Gasteiger partial charge in [0.15, 0.2) is 0 Å². The molecule has 0 aromatic carbocycles. The summed E-state index contributed by atoms with van der Waals surface area (Å²) >= 11 is 6.48. The van der Waals surface area contributed by atoms with E-state index in [9.17, 15) is 22.8 Å². The second-order valence-electron chi connectivity index (χ2n) is 9.12. The van der Waals surface area contributed by atoms with Crippen molar-refractivity contribution in [3.05, 3.63) is 22.6 Å². The Labute approximate surface area is 217 Å². The van der Waals surface area contributed by atoms with E-state index in [4.69, 9.17) is 16.3 Å². The lowest BCUT2D eigenvalue weighted by Gasteiger charge is -2.33. The van der Waals surface area contributed by atoms with Gasteiger partial charge in [0.2, 0.25) is 0 Å². The summed E-state index contributed by atoms with van der Waals surface area (Å²) in [6, 6.07) is 1.03. The number of anilines is 1. The number of nitrogens with one attached hydrogen (secondary N) is 2. The van der Waals surface area contributed by atoms with Crippen LogP contribution in [0, 0.1) is 0 Å². The monoisotopic (exact) mass is 556 g/mol. The highest BCUT2D eigenvalue weighted by molar-refractivity contribution is 7.17. The van der Waals surface area contributed by atoms with Gasteiger partial charge in [-0.1, -0.05) is 0 Å². The first-order chi connectivity index (χ1) is 15.9. The molecule has 0 aliphatic carbocycles.